The first-order chi connectivity index (χ1) is 14.1. The van der Waals surface area contributed by atoms with Crippen molar-refractivity contribution >= 4 is 17.4 Å². The summed E-state index contributed by atoms with van der Waals surface area (Å²) >= 11 is 0. The molecule has 29 heavy (non-hydrogen) atoms. The topological polar surface area (TPSA) is 73.4 Å². The van der Waals surface area contributed by atoms with Gasteiger partial charge in [-0.25, -0.2) is 18.7 Å². The van der Waals surface area contributed by atoms with Crippen LogP contribution in [-0.2, 0) is 11.2 Å². The minimum atomic E-state index is -0.835. The Bertz CT molecular complexity index is 901. The Balaban J connectivity index is 1.50. The van der Waals surface area contributed by atoms with E-state index < -0.39 is 11.6 Å². The summed E-state index contributed by atoms with van der Waals surface area (Å²) in [5.74, 6) is -0.00911. The number of rotatable bonds is 5. The minimum Gasteiger partial charge on any atom is -0.363 e. The van der Waals surface area contributed by atoms with Crippen LogP contribution in [0.3, 0.4) is 0 Å². The zero-order valence-electron chi connectivity index (χ0n) is 16.3. The van der Waals surface area contributed by atoms with Gasteiger partial charge in [0, 0.05) is 50.7 Å². The summed E-state index contributed by atoms with van der Waals surface area (Å²) in [5, 5.41) is 6.20. The number of piperazine rings is 1. The highest BCUT2D eigenvalue weighted by Crippen LogP contribution is 2.29. The molecule has 3 heterocycles. The van der Waals surface area contributed by atoms with Crippen LogP contribution in [0.1, 0.15) is 17.2 Å². The van der Waals surface area contributed by atoms with Crippen LogP contribution < -0.4 is 15.5 Å². The lowest BCUT2D eigenvalue weighted by Crippen LogP contribution is -2.50. The summed E-state index contributed by atoms with van der Waals surface area (Å²) in [6, 6.07) is 4.05. The molecule has 1 aromatic heterocycles. The molecule has 0 spiro atoms. The summed E-state index contributed by atoms with van der Waals surface area (Å²) in [5.41, 5.74) is 1.60. The predicted octanol–water partition coefficient (Wildman–Crippen LogP) is 1.37. The van der Waals surface area contributed by atoms with Crippen LogP contribution in [0.5, 0.6) is 0 Å². The SMILES string of the molecule is CNCC(c1ccc(F)c(F)c1)N1CCN(c2ncnc3c2CC(=O)CN3)CC1. The summed E-state index contributed by atoms with van der Waals surface area (Å²) in [7, 11) is 1.85. The van der Waals surface area contributed by atoms with Crippen molar-refractivity contribution in [1.82, 2.24) is 20.2 Å². The molecular weight excluding hydrogens is 378 g/mol. The van der Waals surface area contributed by atoms with Gasteiger partial charge in [0.15, 0.2) is 17.4 Å². The Labute approximate surface area is 168 Å². The average Bonchev–Trinajstić information content (AvgIpc) is 2.74. The van der Waals surface area contributed by atoms with E-state index >= 15 is 0 Å². The maximum absolute atomic E-state index is 13.8. The van der Waals surface area contributed by atoms with Crippen molar-refractivity contribution in [3.63, 3.8) is 0 Å². The molecule has 1 aromatic carbocycles. The van der Waals surface area contributed by atoms with Gasteiger partial charge in [0.25, 0.3) is 0 Å². The number of nitrogens with zero attached hydrogens (tertiary/aromatic N) is 4. The molecule has 2 aliphatic rings. The van der Waals surface area contributed by atoms with E-state index in [2.05, 4.69) is 30.4 Å². The van der Waals surface area contributed by atoms with Gasteiger partial charge in [-0.3, -0.25) is 9.69 Å². The van der Waals surface area contributed by atoms with Crippen LogP contribution in [0, 0.1) is 11.6 Å². The highest BCUT2D eigenvalue weighted by molar-refractivity contribution is 5.90. The molecule has 154 valence electrons. The summed E-state index contributed by atoms with van der Waals surface area (Å²) < 4.78 is 27.1. The number of aromatic nitrogens is 2. The average molecular weight is 402 g/mol. The third-order valence-corrected chi connectivity index (χ3v) is 5.53. The lowest BCUT2D eigenvalue weighted by atomic mass is 10.0. The number of halogens is 2. The molecular formula is C20H24F2N6O. The van der Waals surface area contributed by atoms with E-state index in [0.717, 1.165) is 48.9 Å². The van der Waals surface area contributed by atoms with Gasteiger partial charge in [0.05, 0.1) is 6.54 Å². The second-order valence-electron chi connectivity index (χ2n) is 7.36. The molecule has 2 N–H and O–H groups in total. The number of ketones is 1. The molecule has 0 amide bonds. The Morgan fingerprint density at radius 2 is 1.97 bits per heavy atom. The first kappa shape index (κ1) is 19.7. The molecule has 0 aliphatic carbocycles. The molecule has 1 unspecified atom stereocenters. The van der Waals surface area contributed by atoms with Crippen molar-refractivity contribution in [2.45, 2.75) is 12.5 Å². The van der Waals surface area contributed by atoms with E-state index in [1.807, 2.05) is 7.05 Å². The Hall–Kier alpha value is -2.65. The number of carbonyl (C=O) groups is 1. The summed E-state index contributed by atoms with van der Waals surface area (Å²) in [4.78, 5) is 25.0. The molecule has 4 rings (SSSR count). The van der Waals surface area contributed by atoms with E-state index in [-0.39, 0.29) is 11.8 Å². The van der Waals surface area contributed by atoms with Crippen LogP contribution in [0.2, 0.25) is 0 Å². The second-order valence-corrected chi connectivity index (χ2v) is 7.36. The lowest BCUT2D eigenvalue weighted by Gasteiger charge is -2.40. The van der Waals surface area contributed by atoms with E-state index in [0.29, 0.717) is 19.5 Å². The van der Waals surface area contributed by atoms with Crippen molar-refractivity contribution in [2.75, 3.05) is 56.5 Å². The van der Waals surface area contributed by atoms with Crippen LogP contribution in [-0.4, -0.2) is 67.0 Å². The van der Waals surface area contributed by atoms with Gasteiger partial charge < -0.3 is 15.5 Å². The number of fused-ring (bicyclic) bond motifs is 1. The molecule has 0 saturated carbocycles. The van der Waals surface area contributed by atoms with Crippen molar-refractivity contribution < 1.29 is 13.6 Å². The number of anilines is 2. The molecule has 2 aliphatic heterocycles. The molecule has 0 bridgehead atoms. The number of nitrogens with one attached hydrogen (secondary N) is 2. The number of likely N-dealkylation sites (N-methyl/N-ethyl adjacent to an activating group) is 1. The summed E-state index contributed by atoms with van der Waals surface area (Å²) in [6.45, 7) is 3.86. The van der Waals surface area contributed by atoms with Gasteiger partial charge in [-0.2, -0.15) is 0 Å². The maximum Gasteiger partial charge on any atom is 0.159 e. The summed E-state index contributed by atoms with van der Waals surface area (Å²) in [6.07, 6.45) is 1.87. The smallest absolute Gasteiger partial charge is 0.159 e. The number of hydrogen-bond acceptors (Lipinski definition) is 7. The van der Waals surface area contributed by atoms with Gasteiger partial charge in [-0.1, -0.05) is 6.07 Å². The monoisotopic (exact) mass is 402 g/mol. The van der Waals surface area contributed by atoms with Gasteiger partial charge >= 0.3 is 0 Å². The normalized spacial score (nSPS) is 18.3. The minimum absolute atomic E-state index is 0.0557. The number of Topliss-reactive ketones (excluding diaryl/α,β-unsaturated/α-hetero) is 1. The lowest BCUT2D eigenvalue weighted by molar-refractivity contribution is -0.117. The maximum atomic E-state index is 13.8. The fraction of sp³-hybridized carbons (Fsp3) is 0.450. The van der Waals surface area contributed by atoms with Crippen molar-refractivity contribution in [3.8, 4) is 0 Å². The van der Waals surface area contributed by atoms with Crippen molar-refractivity contribution in [2.24, 2.45) is 0 Å². The molecule has 1 saturated heterocycles. The zero-order chi connectivity index (χ0) is 20.4. The first-order valence-corrected chi connectivity index (χ1v) is 9.75. The fourth-order valence-corrected chi connectivity index (χ4v) is 4.05. The molecule has 1 atom stereocenters. The van der Waals surface area contributed by atoms with Gasteiger partial charge in [0.1, 0.15) is 18.0 Å². The standard InChI is InChI=1S/C20H24F2N6O/c1-23-11-18(13-2-3-16(21)17(22)8-13)27-4-6-28(7-5-27)20-15-9-14(29)10-24-19(15)25-12-26-20/h2-3,8,12,18,23H,4-7,9-11H2,1H3,(H,24,25,26). The third-order valence-electron chi connectivity index (χ3n) is 5.53. The second kappa shape index (κ2) is 8.38. The quantitative estimate of drug-likeness (QED) is 0.783. The van der Waals surface area contributed by atoms with Gasteiger partial charge in [0.2, 0.25) is 0 Å². The Morgan fingerprint density at radius 1 is 1.17 bits per heavy atom. The molecule has 1 fully saturated rings. The van der Waals surface area contributed by atoms with Gasteiger partial charge in [-0.15, -0.1) is 0 Å². The molecule has 2 aromatic rings. The highest BCUT2D eigenvalue weighted by atomic mass is 19.2. The van der Waals surface area contributed by atoms with E-state index in [9.17, 15) is 13.6 Å². The van der Waals surface area contributed by atoms with Crippen molar-refractivity contribution in [3.05, 3.63) is 47.3 Å². The van der Waals surface area contributed by atoms with Gasteiger partial charge in [-0.05, 0) is 24.7 Å². The van der Waals surface area contributed by atoms with Crippen LogP contribution in [0.15, 0.2) is 24.5 Å². The molecule has 7 nitrogen and oxygen atoms in total. The van der Waals surface area contributed by atoms with Crippen LogP contribution in [0.4, 0.5) is 20.4 Å². The number of benzene rings is 1. The highest BCUT2D eigenvalue weighted by Gasteiger charge is 2.29. The largest absolute Gasteiger partial charge is 0.363 e. The van der Waals surface area contributed by atoms with E-state index in [1.165, 1.54) is 18.5 Å². The fourth-order valence-electron chi connectivity index (χ4n) is 4.05. The number of carbonyl (C=O) groups excluding carboxylic acids is 1. The Kier molecular flexibility index (Phi) is 5.68. The number of hydrogen-bond donors (Lipinski definition) is 2. The molecule has 0 radical (unpaired) electrons. The van der Waals surface area contributed by atoms with Crippen LogP contribution in [0.25, 0.3) is 0 Å². The zero-order valence-corrected chi connectivity index (χ0v) is 16.3. The third kappa shape index (κ3) is 4.06. The van der Waals surface area contributed by atoms with E-state index in [1.54, 1.807) is 6.07 Å². The van der Waals surface area contributed by atoms with Crippen molar-refractivity contribution in [1.29, 1.82) is 0 Å². The van der Waals surface area contributed by atoms with E-state index in [4.69, 9.17) is 0 Å². The predicted molar refractivity (Wildman–Crippen MR) is 106 cm³/mol. The molecule has 9 heteroatoms. The van der Waals surface area contributed by atoms with Crippen LogP contribution >= 0.6 is 0 Å². The Morgan fingerprint density at radius 3 is 2.69 bits per heavy atom. The first-order valence-electron chi connectivity index (χ1n) is 9.75.